The minimum atomic E-state index is -0.751. The smallest absolute Gasteiger partial charge is 0.282 e. The molecule has 2 N–H and O–H groups in total. The van der Waals surface area contributed by atoms with Crippen molar-refractivity contribution < 1.29 is 9.90 Å². The molecule has 18 heavy (non-hydrogen) atoms. The van der Waals surface area contributed by atoms with Crippen molar-refractivity contribution in [2.75, 3.05) is 6.54 Å². The van der Waals surface area contributed by atoms with Crippen LogP contribution in [0.5, 0.6) is 0 Å². The molecule has 0 aliphatic heterocycles. The van der Waals surface area contributed by atoms with Crippen LogP contribution in [-0.2, 0) is 0 Å². The maximum absolute atomic E-state index is 11.6. The number of benzene rings is 1. The highest BCUT2D eigenvalue weighted by Crippen LogP contribution is 2.15. The molecule has 1 atom stereocenters. The van der Waals surface area contributed by atoms with Crippen LogP contribution in [0.2, 0.25) is 4.47 Å². The third-order valence-corrected chi connectivity index (χ3v) is 3.25. The molecule has 2 rings (SSSR count). The van der Waals surface area contributed by atoms with Gasteiger partial charge in [0.15, 0.2) is 0 Å². The number of carbonyl (C=O) groups is 1. The van der Waals surface area contributed by atoms with Crippen molar-refractivity contribution in [1.29, 1.82) is 0 Å². The summed E-state index contributed by atoms with van der Waals surface area (Å²) in [6.07, 6.45) is -0.751. The Hall–Kier alpha value is -1.50. The standard InChI is InChI=1S/C11H10ClN3O2S/c12-11-15-14-10(18-11)9(17)13-6-8(16)7-4-2-1-3-5-7/h1-5,8,16H,6H2,(H,13,17). The van der Waals surface area contributed by atoms with E-state index in [9.17, 15) is 9.90 Å². The quantitative estimate of drug-likeness (QED) is 0.895. The van der Waals surface area contributed by atoms with Crippen molar-refractivity contribution in [2.24, 2.45) is 0 Å². The minimum Gasteiger partial charge on any atom is -0.387 e. The van der Waals surface area contributed by atoms with E-state index < -0.39 is 12.0 Å². The third kappa shape index (κ3) is 3.25. The molecule has 0 bridgehead atoms. The summed E-state index contributed by atoms with van der Waals surface area (Å²) in [7, 11) is 0. The number of nitrogens with zero attached hydrogens (tertiary/aromatic N) is 2. The predicted octanol–water partition coefficient (Wildman–Crippen LogP) is 1.65. The van der Waals surface area contributed by atoms with Gasteiger partial charge in [-0.15, -0.1) is 10.2 Å². The molecular weight excluding hydrogens is 274 g/mol. The summed E-state index contributed by atoms with van der Waals surface area (Å²) in [6, 6.07) is 9.09. The van der Waals surface area contributed by atoms with Crippen LogP contribution < -0.4 is 5.32 Å². The summed E-state index contributed by atoms with van der Waals surface area (Å²) >= 11 is 6.57. The highest BCUT2D eigenvalue weighted by molar-refractivity contribution is 7.17. The number of aliphatic hydroxyl groups is 1. The molecule has 1 aromatic carbocycles. The molecule has 5 nitrogen and oxygen atoms in total. The molecule has 1 amide bonds. The molecule has 1 aromatic heterocycles. The van der Waals surface area contributed by atoms with Crippen LogP contribution in [-0.4, -0.2) is 27.8 Å². The van der Waals surface area contributed by atoms with Gasteiger partial charge in [-0.2, -0.15) is 0 Å². The van der Waals surface area contributed by atoms with Crippen LogP contribution in [0.25, 0.3) is 0 Å². The normalized spacial score (nSPS) is 12.1. The Labute approximate surface area is 112 Å². The molecule has 1 unspecified atom stereocenters. The van der Waals surface area contributed by atoms with Gasteiger partial charge < -0.3 is 10.4 Å². The summed E-state index contributed by atoms with van der Waals surface area (Å²) in [5.74, 6) is -0.394. The average molecular weight is 284 g/mol. The molecule has 94 valence electrons. The maximum atomic E-state index is 11.6. The van der Waals surface area contributed by atoms with E-state index in [0.29, 0.717) is 0 Å². The van der Waals surface area contributed by atoms with E-state index in [1.807, 2.05) is 18.2 Å². The van der Waals surface area contributed by atoms with Crippen LogP contribution in [0.4, 0.5) is 0 Å². The van der Waals surface area contributed by atoms with Crippen molar-refractivity contribution in [3.63, 3.8) is 0 Å². The fourth-order valence-corrected chi connectivity index (χ4v) is 2.10. The lowest BCUT2D eigenvalue weighted by atomic mass is 10.1. The molecule has 0 aliphatic carbocycles. The van der Waals surface area contributed by atoms with E-state index in [2.05, 4.69) is 15.5 Å². The first-order valence-electron chi connectivity index (χ1n) is 5.17. The van der Waals surface area contributed by atoms with Gasteiger partial charge in [-0.1, -0.05) is 41.7 Å². The lowest BCUT2D eigenvalue weighted by molar-refractivity contribution is 0.0915. The molecule has 0 fully saturated rings. The van der Waals surface area contributed by atoms with Crippen molar-refractivity contribution in [3.05, 3.63) is 45.4 Å². The van der Waals surface area contributed by atoms with Gasteiger partial charge in [-0.3, -0.25) is 4.79 Å². The Balaban J connectivity index is 1.90. The second-order valence-corrected chi connectivity index (χ2v) is 5.06. The van der Waals surface area contributed by atoms with Crippen LogP contribution in [0.15, 0.2) is 30.3 Å². The molecule has 1 heterocycles. The third-order valence-electron chi connectivity index (χ3n) is 2.23. The lowest BCUT2D eigenvalue weighted by Crippen LogP contribution is -2.28. The fourth-order valence-electron chi connectivity index (χ4n) is 1.36. The second kappa shape index (κ2) is 5.90. The maximum Gasteiger partial charge on any atom is 0.282 e. The van der Waals surface area contributed by atoms with E-state index in [4.69, 9.17) is 11.6 Å². The van der Waals surface area contributed by atoms with Crippen molar-refractivity contribution in [2.45, 2.75) is 6.10 Å². The zero-order valence-electron chi connectivity index (χ0n) is 9.21. The summed E-state index contributed by atoms with van der Waals surface area (Å²) in [5, 5.41) is 19.7. The number of nitrogens with one attached hydrogen (secondary N) is 1. The van der Waals surface area contributed by atoms with Gasteiger partial charge in [-0.05, 0) is 17.2 Å². The van der Waals surface area contributed by atoms with Gasteiger partial charge in [-0.25, -0.2) is 0 Å². The van der Waals surface area contributed by atoms with Crippen LogP contribution in [0, 0.1) is 0 Å². The Morgan fingerprint density at radius 3 is 2.72 bits per heavy atom. The molecule has 0 spiro atoms. The number of carbonyl (C=O) groups excluding carboxylic acids is 1. The lowest BCUT2D eigenvalue weighted by Gasteiger charge is -2.10. The Morgan fingerprint density at radius 2 is 2.11 bits per heavy atom. The molecule has 0 radical (unpaired) electrons. The molecule has 7 heteroatoms. The zero-order valence-corrected chi connectivity index (χ0v) is 10.8. The molecule has 2 aromatic rings. The minimum absolute atomic E-state index is 0.111. The molecule has 0 saturated carbocycles. The van der Waals surface area contributed by atoms with Crippen molar-refractivity contribution >= 4 is 28.8 Å². The van der Waals surface area contributed by atoms with Crippen molar-refractivity contribution in [3.8, 4) is 0 Å². The molecular formula is C11H10ClN3O2S. The van der Waals surface area contributed by atoms with Crippen molar-refractivity contribution in [1.82, 2.24) is 15.5 Å². The second-order valence-electron chi connectivity index (χ2n) is 3.50. The highest BCUT2D eigenvalue weighted by Gasteiger charge is 2.14. The van der Waals surface area contributed by atoms with Gasteiger partial charge in [0.1, 0.15) is 0 Å². The predicted molar refractivity (Wildman–Crippen MR) is 68.7 cm³/mol. The zero-order chi connectivity index (χ0) is 13.0. The van der Waals surface area contributed by atoms with E-state index in [1.165, 1.54) is 0 Å². The molecule has 0 aliphatic rings. The number of aliphatic hydroxyl groups excluding tert-OH is 1. The van der Waals surface area contributed by atoms with Gasteiger partial charge >= 0.3 is 0 Å². The number of hydrogen-bond acceptors (Lipinski definition) is 5. The van der Waals surface area contributed by atoms with Crippen LogP contribution in [0.3, 0.4) is 0 Å². The van der Waals surface area contributed by atoms with E-state index in [1.54, 1.807) is 12.1 Å². The van der Waals surface area contributed by atoms with Crippen LogP contribution in [0.1, 0.15) is 21.5 Å². The van der Waals surface area contributed by atoms with E-state index in [-0.39, 0.29) is 16.0 Å². The van der Waals surface area contributed by atoms with E-state index >= 15 is 0 Å². The Morgan fingerprint density at radius 1 is 1.39 bits per heavy atom. The first-order valence-corrected chi connectivity index (χ1v) is 6.36. The SMILES string of the molecule is O=C(NCC(O)c1ccccc1)c1nnc(Cl)s1. The largest absolute Gasteiger partial charge is 0.387 e. The number of aromatic nitrogens is 2. The number of amides is 1. The number of rotatable bonds is 4. The fraction of sp³-hybridized carbons (Fsp3) is 0.182. The van der Waals surface area contributed by atoms with Crippen LogP contribution >= 0.6 is 22.9 Å². The summed E-state index contributed by atoms with van der Waals surface area (Å²) < 4.78 is 0.212. The van der Waals surface area contributed by atoms with Gasteiger partial charge in [0.05, 0.1) is 6.10 Å². The monoisotopic (exact) mass is 283 g/mol. The topological polar surface area (TPSA) is 75.1 Å². The number of hydrogen-bond donors (Lipinski definition) is 2. The molecule has 0 saturated heterocycles. The highest BCUT2D eigenvalue weighted by atomic mass is 35.5. The van der Waals surface area contributed by atoms with Gasteiger partial charge in [0.2, 0.25) is 9.47 Å². The first kappa shape index (κ1) is 12.9. The number of halogens is 1. The Bertz CT molecular complexity index is 532. The average Bonchev–Trinajstić information content (AvgIpc) is 2.83. The first-order chi connectivity index (χ1) is 8.66. The summed E-state index contributed by atoms with van der Waals surface area (Å²) in [5.41, 5.74) is 0.744. The summed E-state index contributed by atoms with van der Waals surface area (Å²) in [4.78, 5) is 11.6. The Kier molecular flexibility index (Phi) is 4.24. The van der Waals surface area contributed by atoms with E-state index in [0.717, 1.165) is 16.9 Å². The summed E-state index contributed by atoms with van der Waals surface area (Å²) in [6.45, 7) is 0.111. The van der Waals surface area contributed by atoms with Gasteiger partial charge in [0, 0.05) is 6.54 Å². The van der Waals surface area contributed by atoms with Gasteiger partial charge in [0.25, 0.3) is 5.91 Å².